The van der Waals surface area contributed by atoms with Crippen LogP contribution in [0.1, 0.15) is 36.8 Å². The van der Waals surface area contributed by atoms with E-state index in [-0.39, 0.29) is 24.2 Å². The minimum absolute atomic E-state index is 0.0394. The maximum atomic E-state index is 12.0. The lowest BCUT2D eigenvalue weighted by Crippen LogP contribution is -2.28. The van der Waals surface area contributed by atoms with Crippen LogP contribution in [0.4, 0.5) is 5.69 Å². The van der Waals surface area contributed by atoms with Crippen molar-refractivity contribution in [3.8, 4) is 0 Å². The molecular weight excluding hydrogens is 302 g/mol. The molecule has 2 amide bonds. The number of hydrogen-bond acceptors (Lipinski definition) is 3. The van der Waals surface area contributed by atoms with Gasteiger partial charge in [0.05, 0.1) is 0 Å². The number of aromatic nitrogens is 1. The Hall–Kier alpha value is -2.69. The molecule has 0 saturated heterocycles. The molecule has 1 atom stereocenters. The topological polar surface area (TPSA) is 71.1 Å². The maximum absolute atomic E-state index is 12.0. The van der Waals surface area contributed by atoms with Gasteiger partial charge in [-0.15, -0.1) is 0 Å². The average molecular weight is 325 g/mol. The Bertz CT molecular complexity index is 686. The summed E-state index contributed by atoms with van der Waals surface area (Å²) in [6.45, 7) is 4.42. The van der Waals surface area contributed by atoms with E-state index in [2.05, 4.69) is 21.7 Å². The van der Waals surface area contributed by atoms with Crippen LogP contribution in [0.15, 0.2) is 48.8 Å². The van der Waals surface area contributed by atoms with Crippen molar-refractivity contribution in [3.05, 3.63) is 59.9 Å². The van der Waals surface area contributed by atoms with Gasteiger partial charge in [0.2, 0.25) is 11.8 Å². The first kappa shape index (κ1) is 17.7. The minimum Gasteiger partial charge on any atom is -0.356 e. The Morgan fingerprint density at radius 2 is 1.79 bits per heavy atom. The van der Waals surface area contributed by atoms with Gasteiger partial charge in [-0.25, -0.2) is 0 Å². The van der Waals surface area contributed by atoms with E-state index in [0.717, 1.165) is 0 Å². The molecular formula is C19H23N3O2. The van der Waals surface area contributed by atoms with Crippen molar-refractivity contribution in [2.75, 3.05) is 11.9 Å². The van der Waals surface area contributed by atoms with Crippen molar-refractivity contribution in [1.29, 1.82) is 0 Å². The molecule has 0 aliphatic carbocycles. The van der Waals surface area contributed by atoms with Crippen molar-refractivity contribution in [1.82, 2.24) is 10.3 Å². The number of rotatable bonds is 7. The third-order valence-electron chi connectivity index (χ3n) is 3.85. The van der Waals surface area contributed by atoms with Crippen LogP contribution in [0.25, 0.3) is 0 Å². The molecule has 5 nitrogen and oxygen atoms in total. The normalized spacial score (nSPS) is 11.6. The number of benzene rings is 1. The zero-order chi connectivity index (χ0) is 17.4. The second kappa shape index (κ2) is 8.82. The van der Waals surface area contributed by atoms with E-state index in [4.69, 9.17) is 0 Å². The maximum Gasteiger partial charge on any atom is 0.226 e. The fourth-order valence-electron chi connectivity index (χ4n) is 2.57. The summed E-state index contributed by atoms with van der Waals surface area (Å²) in [6, 6.07) is 11.5. The molecule has 2 rings (SSSR count). The summed E-state index contributed by atoms with van der Waals surface area (Å²) in [6.07, 6.45) is 3.89. The molecule has 24 heavy (non-hydrogen) atoms. The van der Waals surface area contributed by atoms with Crippen LogP contribution in [-0.4, -0.2) is 23.3 Å². The van der Waals surface area contributed by atoms with E-state index in [0.29, 0.717) is 18.7 Å². The number of pyridine rings is 1. The van der Waals surface area contributed by atoms with Gasteiger partial charge in [-0.2, -0.15) is 0 Å². The third kappa shape index (κ3) is 5.50. The molecule has 1 heterocycles. The van der Waals surface area contributed by atoms with Gasteiger partial charge < -0.3 is 10.6 Å². The molecule has 0 aliphatic rings. The van der Waals surface area contributed by atoms with Gasteiger partial charge in [0.25, 0.3) is 0 Å². The molecule has 0 radical (unpaired) electrons. The summed E-state index contributed by atoms with van der Waals surface area (Å²) in [5.74, 6) is -0.0206. The third-order valence-corrected chi connectivity index (χ3v) is 3.85. The number of anilines is 1. The quantitative estimate of drug-likeness (QED) is 0.822. The van der Waals surface area contributed by atoms with E-state index in [1.165, 1.54) is 11.1 Å². The van der Waals surface area contributed by atoms with Crippen LogP contribution in [0.3, 0.4) is 0 Å². The standard InChI is InChI=1S/C19H23N3O2/c1-14-5-3-4-6-17(14)15(2)13-19(24)21-12-9-18(23)22-16-7-10-20-11-8-16/h3-8,10-11,15H,9,12-13H2,1-2H3,(H,21,24)(H,20,22,23)/t15-/m0/s1. The minimum atomic E-state index is -0.131. The summed E-state index contributed by atoms with van der Waals surface area (Å²) in [7, 11) is 0. The number of nitrogens with zero attached hydrogens (tertiary/aromatic N) is 1. The number of carbonyl (C=O) groups excluding carboxylic acids is 2. The first-order valence-electron chi connectivity index (χ1n) is 8.08. The highest BCUT2D eigenvalue weighted by Crippen LogP contribution is 2.22. The second-order valence-electron chi connectivity index (χ2n) is 5.85. The number of hydrogen-bond donors (Lipinski definition) is 2. The predicted octanol–water partition coefficient (Wildman–Crippen LogP) is 3.03. The Morgan fingerprint density at radius 3 is 2.50 bits per heavy atom. The predicted molar refractivity (Wildman–Crippen MR) is 94.7 cm³/mol. The molecule has 126 valence electrons. The van der Waals surface area contributed by atoms with E-state index in [9.17, 15) is 9.59 Å². The first-order valence-corrected chi connectivity index (χ1v) is 8.08. The van der Waals surface area contributed by atoms with Crippen molar-refractivity contribution in [3.63, 3.8) is 0 Å². The van der Waals surface area contributed by atoms with Gasteiger partial charge in [-0.3, -0.25) is 14.6 Å². The van der Waals surface area contributed by atoms with Gasteiger partial charge in [0.15, 0.2) is 0 Å². The highest BCUT2D eigenvalue weighted by atomic mass is 16.2. The zero-order valence-corrected chi connectivity index (χ0v) is 14.1. The monoisotopic (exact) mass is 325 g/mol. The summed E-state index contributed by atoms with van der Waals surface area (Å²) >= 11 is 0. The Balaban J connectivity index is 1.71. The molecule has 0 aliphatic heterocycles. The zero-order valence-electron chi connectivity index (χ0n) is 14.1. The fourth-order valence-corrected chi connectivity index (χ4v) is 2.57. The van der Waals surface area contributed by atoms with Crippen molar-refractivity contribution >= 4 is 17.5 Å². The van der Waals surface area contributed by atoms with Gasteiger partial charge in [-0.05, 0) is 36.1 Å². The van der Waals surface area contributed by atoms with Crippen molar-refractivity contribution in [2.24, 2.45) is 0 Å². The number of aryl methyl sites for hydroxylation is 1. The summed E-state index contributed by atoms with van der Waals surface area (Å²) < 4.78 is 0. The van der Waals surface area contributed by atoms with Crippen LogP contribution >= 0.6 is 0 Å². The number of amides is 2. The van der Waals surface area contributed by atoms with Gasteiger partial charge >= 0.3 is 0 Å². The number of nitrogens with one attached hydrogen (secondary N) is 2. The summed E-state index contributed by atoms with van der Waals surface area (Å²) in [4.78, 5) is 27.7. The lowest BCUT2D eigenvalue weighted by molar-refractivity contribution is -0.121. The van der Waals surface area contributed by atoms with E-state index < -0.39 is 0 Å². The molecule has 0 fully saturated rings. The van der Waals surface area contributed by atoms with Crippen molar-refractivity contribution in [2.45, 2.75) is 32.6 Å². The SMILES string of the molecule is Cc1ccccc1[C@@H](C)CC(=O)NCCC(=O)Nc1ccncc1. The van der Waals surface area contributed by atoms with E-state index in [1.807, 2.05) is 32.0 Å². The molecule has 2 N–H and O–H groups in total. The Morgan fingerprint density at radius 1 is 1.08 bits per heavy atom. The summed E-state index contributed by atoms with van der Waals surface area (Å²) in [5, 5.41) is 5.57. The van der Waals surface area contributed by atoms with E-state index in [1.54, 1.807) is 24.5 Å². The molecule has 0 saturated carbocycles. The van der Waals surface area contributed by atoms with Crippen LogP contribution in [-0.2, 0) is 9.59 Å². The van der Waals surface area contributed by atoms with Gasteiger partial charge in [0.1, 0.15) is 0 Å². The van der Waals surface area contributed by atoms with Gasteiger partial charge in [-0.1, -0.05) is 31.2 Å². The molecule has 0 unspecified atom stereocenters. The highest BCUT2D eigenvalue weighted by Gasteiger charge is 2.13. The lowest BCUT2D eigenvalue weighted by Gasteiger charge is -2.14. The molecule has 1 aromatic heterocycles. The van der Waals surface area contributed by atoms with Crippen molar-refractivity contribution < 1.29 is 9.59 Å². The highest BCUT2D eigenvalue weighted by molar-refractivity contribution is 5.91. The first-order chi connectivity index (χ1) is 11.6. The molecule has 5 heteroatoms. The van der Waals surface area contributed by atoms with Crippen LogP contribution in [0, 0.1) is 6.92 Å². The molecule has 0 bridgehead atoms. The van der Waals surface area contributed by atoms with Crippen LogP contribution in [0.2, 0.25) is 0 Å². The summed E-state index contributed by atoms with van der Waals surface area (Å²) in [5.41, 5.74) is 3.08. The second-order valence-corrected chi connectivity index (χ2v) is 5.85. The lowest BCUT2D eigenvalue weighted by atomic mass is 9.93. The fraction of sp³-hybridized carbons (Fsp3) is 0.316. The Kier molecular flexibility index (Phi) is 6.49. The molecule has 0 spiro atoms. The van der Waals surface area contributed by atoms with Crippen LogP contribution < -0.4 is 10.6 Å². The largest absolute Gasteiger partial charge is 0.356 e. The van der Waals surface area contributed by atoms with E-state index >= 15 is 0 Å². The number of carbonyl (C=O) groups is 2. The van der Waals surface area contributed by atoms with Gasteiger partial charge in [0, 0.05) is 37.5 Å². The molecule has 2 aromatic rings. The Labute approximate surface area is 142 Å². The average Bonchev–Trinajstić information content (AvgIpc) is 2.56. The molecule has 1 aromatic carbocycles. The van der Waals surface area contributed by atoms with Crippen LogP contribution in [0.5, 0.6) is 0 Å². The smallest absolute Gasteiger partial charge is 0.226 e.